The van der Waals surface area contributed by atoms with E-state index < -0.39 is 33.4 Å². The molecule has 2 atom stereocenters. The molecule has 2 N–H and O–H groups in total. The molecule has 8 heteroatoms. The van der Waals surface area contributed by atoms with Crippen LogP contribution in [0, 0.1) is 11.7 Å². The van der Waals surface area contributed by atoms with Crippen molar-refractivity contribution in [1.82, 2.24) is 0 Å². The minimum absolute atomic E-state index is 0.0316. The second-order valence-corrected chi connectivity index (χ2v) is 7.58. The Morgan fingerprint density at radius 2 is 2.00 bits per heavy atom. The summed E-state index contributed by atoms with van der Waals surface area (Å²) in [6.07, 6.45) is -3.95. The smallest absolute Gasteiger partial charge is 0.324 e. The zero-order valence-corrected chi connectivity index (χ0v) is 11.8. The zero-order valence-electron chi connectivity index (χ0n) is 11.0. The van der Waals surface area contributed by atoms with Crippen LogP contribution in [-0.2, 0) is 16.0 Å². The zero-order chi connectivity index (χ0) is 15.8. The molecule has 0 bridgehead atoms. The van der Waals surface area contributed by atoms with Gasteiger partial charge in [-0.15, -0.1) is 0 Å². The molecule has 0 saturated carbocycles. The van der Waals surface area contributed by atoms with Crippen molar-refractivity contribution in [3.05, 3.63) is 35.1 Å². The van der Waals surface area contributed by atoms with Gasteiger partial charge in [0, 0.05) is 6.04 Å². The summed E-state index contributed by atoms with van der Waals surface area (Å²) in [6, 6.07) is 1.90. The molecule has 1 heterocycles. The van der Waals surface area contributed by atoms with Crippen molar-refractivity contribution in [2.75, 3.05) is 11.5 Å². The summed E-state index contributed by atoms with van der Waals surface area (Å²) in [5.74, 6) is -1.36. The van der Waals surface area contributed by atoms with Gasteiger partial charge in [-0.05, 0) is 36.5 Å². The Balaban J connectivity index is 2.10. The van der Waals surface area contributed by atoms with E-state index in [1.807, 2.05) is 0 Å². The molecular weight excluding hydrogens is 310 g/mol. The number of rotatable bonds is 3. The van der Waals surface area contributed by atoms with E-state index in [9.17, 15) is 26.0 Å². The summed E-state index contributed by atoms with van der Waals surface area (Å²) in [7, 11) is -3.04. The maximum absolute atomic E-state index is 13.5. The van der Waals surface area contributed by atoms with Gasteiger partial charge in [-0.2, -0.15) is 13.2 Å². The molecule has 2 unspecified atom stereocenters. The molecule has 1 fully saturated rings. The van der Waals surface area contributed by atoms with E-state index in [1.54, 1.807) is 0 Å². The SMILES string of the molecule is NC(CC1CCS(=O)(=O)C1)c1ccc(C(F)(F)F)c(F)c1. The number of hydrogen-bond donors (Lipinski definition) is 1. The Morgan fingerprint density at radius 1 is 1.33 bits per heavy atom. The Labute approximate surface area is 120 Å². The highest BCUT2D eigenvalue weighted by Crippen LogP contribution is 2.33. The van der Waals surface area contributed by atoms with Gasteiger partial charge in [0.05, 0.1) is 17.1 Å². The summed E-state index contributed by atoms with van der Waals surface area (Å²) in [5.41, 5.74) is 4.76. The quantitative estimate of drug-likeness (QED) is 0.869. The van der Waals surface area contributed by atoms with Crippen LogP contribution in [0.25, 0.3) is 0 Å². The first kappa shape index (κ1) is 16.2. The van der Waals surface area contributed by atoms with Gasteiger partial charge in [-0.1, -0.05) is 6.07 Å². The van der Waals surface area contributed by atoms with Gasteiger partial charge in [0.2, 0.25) is 0 Å². The summed E-state index contributed by atoms with van der Waals surface area (Å²) in [5, 5.41) is 0. The minimum Gasteiger partial charge on any atom is -0.324 e. The van der Waals surface area contributed by atoms with Crippen molar-refractivity contribution in [3.63, 3.8) is 0 Å². The maximum Gasteiger partial charge on any atom is 0.419 e. The van der Waals surface area contributed by atoms with Crippen LogP contribution < -0.4 is 5.73 Å². The third kappa shape index (κ3) is 3.94. The summed E-state index contributed by atoms with van der Waals surface area (Å²) in [6.45, 7) is 0. The molecular formula is C13H15F4NO2S. The van der Waals surface area contributed by atoms with E-state index in [1.165, 1.54) is 0 Å². The minimum atomic E-state index is -4.74. The van der Waals surface area contributed by atoms with Gasteiger partial charge in [0.1, 0.15) is 5.82 Å². The van der Waals surface area contributed by atoms with Crippen molar-refractivity contribution >= 4 is 9.84 Å². The first-order valence-electron chi connectivity index (χ1n) is 6.41. The topological polar surface area (TPSA) is 60.2 Å². The lowest BCUT2D eigenvalue weighted by Crippen LogP contribution is -2.17. The van der Waals surface area contributed by atoms with Crippen LogP contribution >= 0.6 is 0 Å². The fourth-order valence-electron chi connectivity index (χ4n) is 2.54. The molecule has 1 aliphatic rings. The lowest BCUT2D eigenvalue weighted by atomic mass is 9.94. The molecule has 1 aliphatic heterocycles. The summed E-state index contributed by atoms with van der Waals surface area (Å²) in [4.78, 5) is 0. The predicted molar refractivity (Wildman–Crippen MR) is 69.7 cm³/mol. The average Bonchev–Trinajstić information content (AvgIpc) is 2.66. The molecule has 3 nitrogen and oxygen atoms in total. The Bertz CT molecular complexity index is 628. The van der Waals surface area contributed by atoms with E-state index in [2.05, 4.69) is 0 Å². The van der Waals surface area contributed by atoms with Crippen LogP contribution in [0.15, 0.2) is 18.2 Å². The van der Waals surface area contributed by atoms with E-state index in [0.29, 0.717) is 18.9 Å². The molecule has 2 rings (SSSR count). The molecule has 0 radical (unpaired) electrons. The number of hydrogen-bond acceptors (Lipinski definition) is 3. The van der Waals surface area contributed by atoms with Crippen LogP contribution in [0.4, 0.5) is 17.6 Å². The monoisotopic (exact) mass is 325 g/mol. The summed E-state index contributed by atoms with van der Waals surface area (Å²) >= 11 is 0. The molecule has 21 heavy (non-hydrogen) atoms. The lowest BCUT2D eigenvalue weighted by Gasteiger charge is -2.17. The van der Waals surface area contributed by atoms with Gasteiger partial charge in [-0.25, -0.2) is 12.8 Å². The largest absolute Gasteiger partial charge is 0.419 e. The van der Waals surface area contributed by atoms with Crippen LogP contribution in [-0.4, -0.2) is 19.9 Å². The number of halogens is 4. The normalized spacial score (nSPS) is 23.2. The molecule has 0 amide bonds. The van der Waals surface area contributed by atoms with Gasteiger partial charge in [0.25, 0.3) is 0 Å². The van der Waals surface area contributed by atoms with Crippen LogP contribution in [0.1, 0.15) is 30.0 Å². The summed E-state index contributed by atoms with van der Waals surface area (Å²) < 4.78 is 73.5. The number of alkyl halides is 3. The van der Waals surface area contributed by atoms with Gasteiger partial charge in [0.15, 0.2) is 9.84 Å². The highest BCUT2D eigenvalue weighted by Gasteiger charge is 2.34. The van der Waals surface area contributed by atoms with Crippen molar-refractivity contribution in [2.45, 2.75) is 25.1 Å². The Morgan fingerprint density at radius 3 is 2.48 bits per heavy atom. The van der Waals surface area contributed by atoms with Crippen LogP contribution in [0.2, 0.25) is 0 Å². The third-order valence-electron chi connectivity index (χ3n) is 3.64. The van der Waals surface area contributed by atoms with Gasteiger partial charge >= 0.3 is 6.18 Å². The number of sulfone groups is 1. The average molecular weight is 325 g/mol. The van der Waals surface area contributed by atoms with Crippen LogP contribution in [0.5, 0.6) is 0 Å². The first-order chi connectivity index (χ1) is 9.58. The molecule has 0 aromatic heterocycles. The Hall–Kier alpha value is -1.15. The Kier molecular flexibility index (Phi) is 4.30. The maximum atomic E-state index is 13.5. The lowest BCUT2D eigenvalue weighted by molar-refractivity contribution is -0.140. The highest BCUT2D eigenvalue weighted by atomic mass is 32.2. The second kappa shape index (κ2) is 5.57. The van der Waals surface area contributed by atoms with Gasteiger partial charge in [-0.3, -0.25) is 0 Å². The van der Waals surface area contributed by atoms with Crippen molar-refractivity contribution < 1.29 is 26.0 Å². The standard InChI is InChI=1S/C13H15F4NO2S/c14-11-6-9(1-2-10(11)13(15,16)17)12(18)5-8-3-4-21(19,20)7-8/h1-2,6,8,12H,3-5,7,18H2. The van der Waals surface area contributed by atoms with E-state index in [0.717, 1.165) is 12.1 Å². The molecule has 1 aromatic carbocycles. The van der Waals surface area contributed by atoms with Crippen LogP contribution in [0.3, 0.4) is 0 Å². The van der Waals surface area contributed by atoms with Crippen molar-refractivity contribution in [1.29, 1.82) is 0 Å². The van der Waals surface area contributed by atoms with E-state index >= 15 is 0 Å². The van der Waals surface area contributed by atoms with E-state index in [4.69, 9.17) is 5.73 Å². The molecule has 118 valence electrons. The fraction of sp³-hybridized carbons (Fsp3) is 0.538. The predicted octanol–water partition coefficient (Wildman–Crippen LogP) is 2.67. The number of benzene rings is 1. The first-order valence-corrected chi connectivity index (χ1v) is 8.23. The van der Waals surface area contributed by atoms with E-state index in [-0.39, 0.29) is 23.0 Å². The molecule has 0 aliphatic carbocycles. The van der Waals surface area contributed by atoms with Gasteiger partial charge < -0.3 is 5.73 Å². The molecule has 1 saturated heterocycles. The number of nitrogens with two attached hydrogens (primary N) is 1. The molecule has 1 aromatic rings. The van der Waals surface area contributed by atoms with Crippen molar-refractivity contribution in [3.8, 4) is 0 Å². The van der Waals surface area contributed by atoms with Crippen molar-refractivity contribution in [2.24, 2.45) is 11.7 Å². The second-order valence-electron chi connectivity index (χ2n) is 5.35. The molecule has 0 spiro atoms. The fourth-order valence-corrected chi connectivity index (χ4v) is 4.43. The third-order valence-corrected chi connectivity index (χ3v) is 5.48. The highest BCUT2D eigenvalue weighted by molar-refractivity contribution is 7.91.